The fourth-order valence-electron chi connectivity index (χ4n) is 3.95. The number of aromatic nitrogens is 2. The highest BCUT2D eigenvalue weighted by Gasteiger charge is 2.28. The fourth-order valence-corrected chi connectivity index (χ4v) is 3.95. The maximum absolute atomic E-state index is 5.92. The van der Waals surface area contributed by atoms with E-state index in [1.807, 2.05) is 30.7 Å². The van der Waals surface area contributed by atoms with E-state index in [4.69, 9.17) is 9.41 Å². The molecular weight excluding hydrogens is 350 g/mol. The van der Waals surface area contributed by atoms with Crippen LogP contribution in [-0.2, 0) is 6.42 Å². The Morgan fingerprint density at radius 3 is 3.04 bits per heavy atom. The average molecular weight is 380 g/mol. The third-order valence-electron chi connectivity index (χ3n) is 5.56. The normalized spacial score (nSPS) is 20.6. The Bertz CT molecular complexity index is 881. The van der Waals surface area contributed by atoms with Gasteiger partial charge >= 0.3 is 0 Å². The first-order valence-electron chi connectivity index (χ1n) is 10.2. The molecule has 4 rings (SSSR count). The van der Waals surface area contributed by atoms with Crippen molar-refractivity contribution in [3.8, 4) is 0 Å². The molecule has 0 bridgehead atoms. The van der Waals surface area contributed by atoms with Crippen molar-refractivity contribution in [2.24, 2.45) is 10.9 Å². The lowest BCUT2D eigenvalue weighted by Gasteiger charge is -2.39. The van der Waals surface area contributed by atoms with E-state index in [1.165, 1.54) is 0 Å². The predicted molar refractivity (Wildman–Crippen MR) is 113 cm³/mol. The molecule has 0 amide bonds. The minimum Gasteiger partial charge on any atom is -0.461 e. The van der Waals surface area contributed by atoms with Crippen LogP contribution in [0.5, 0.6) is 0 Å². The maximum Gasteiger partial charge on any atom is 0.193 e. The Morgan fingerprint density at radius 1 is 1.36 bits per heavy atom. The van der Waals surface area contributed by atoms with Gasteiger partial charge in [0.15, 0.2) is 5.96 Å². The Balaban J connectivity index is 1.43. The number of piperidine rings is 1. The monoisotopic (exact) mass is 379 g/mol. The summed E-state index contributed by atoms with van der Waals surface area (Å²) in [6.45, 7) is 8.01. The summed E-state index contributed by atoms with van der Waals surface area (Å²) in [4.78, 5) is 11.5. The van der Waals surface area contributed by atoms with Gasteiger partial charge < -0.3 is 19.2 Å². The van der Waals surface area contributed by atoms with Gasteiger partial charge in [0.1, 0.15) is 11.3 Å². The van der Waals surface area contributed by atoms with Gasteiger partial charge in [-0.3, -0.25) is 4.99 Å². The number of aliphatic imine (C=N–C) groups is 1. The van der Waals surface area contributed by atoms with E-state index in [1.54, 1.807) is 0 Å². The fraction of sp³-hybridized carbons (Fsp3) is 0.455. The zero-order valence-corrected chi connectivity index (χ0v) is 16.7. The number of hydrogen-bond acceptors (Lipinski definition) is 3. The van der Waals surface area contributed by atoms with Gasteiger partial charge in [-0.1, -0.05) is 25.1 Å². The SMILES string of the molecule is CCNC(=NCCc1cc2ccccc2o1)N1CCC(C)C(n2ccnc2)C1. The van der Waals surface area contributed by atoms with Crippen molar-refractivity contribution in [3.63, 3.8) is 0 Å². The second-order valence-electron chi connectivity index (χ2n) is 7.53. The molecule has 0 saturated carbocycles. The third-order valence-corrected chi connectivity index (χ3v) is 5.56. The quantitative estimate of drug-likeness (QED) is 0.542. The third kappa shape index (κ3) is 4.06. The largest absolute Gasteiger partial charge is 0.461 e. The molecule has 2 aromatic heterocycles. The standard InChI is InChI=1S/C22H29N5O/c1-3-24-22(25-10-8-19-14-18-6-4-5-7-21(18)28-19)26-12-9-17(2)20(15-26)27-13-11-23-16-27/h4-7,11,13-14,16-17,20H,3,8-10,12,15H2,1-2H3,(H,24,25). The van der Waals surface area contributed by atoms with E-state index in [2.05, 4.69) is 51.9 Å². The number of nitrogens with one attached hydrogen (secondary N) is 1. The van der Waals surface area contributed by atoms with Gasteiger partial charge in [0.05, 0.1) is 12.4 Å². The predicted octanol–water partition coefficient (Wildman–Crippen LogP) is 3.72. The van der Waals surface area contributed by atoms with Gasteiger partial charge in [0.2, 0.25) is 0 Å². The molecule has 3 aromatic rings. The van der Waals surface area contributed by atoms with E-state index in [-0.39, 0.29) is 0 Å². The van der Waals surface area contributed by atoms with Crippen LogP contribution in [0.2, 0.25) is 0 Å². The average Bonchev–Trinajstić information content (AvgIpc) is 3.37. The molecule has 3 heterocycles. The molecule has 0 spiro atoms. The van der Waals surface area contributed by atoms with Crippen LogP contribution in [0.1, 0.15) is 32.1 Å². The van der Waals surface area contributed by atoms with Crippen LogP contribution in [0.3, 0.4) is 0 Å². The summed E-state index contributed by atoms with van der Waals surface area (Å²) in [7, 11) is 0. The number of guanidine groups is 1. The summed E-state index contributed by atoms with van der Waals surface area (Å²) in [6.07, 6.45) is 7.81. The zero-order valence-electron chi connectivity index (χ0n) is 16.7. The summed E-state index contributed by atoms with van der Waals surface area (Å²) in [5.41, 5.74) is 0.946. The smallest absolute Gasteiger partial charge is 0.193 e. The van der Waals surface area contributed by atoms with E-state index in [9.17, 15) is 0 Å². The molecular formula is C22H29N5O. The van der Waals surface area contributed by atoms with Gasteiger partial charge in [-0.25, -0.2) is 4.98 Å². The van der Waals surface area contributed by atoms with Gasteiger partial charge in [0.25, 0.3) is 0 Å². The number of furan rings is 1. The molecule has 0 aliphatic carbocycles. The van der Waals surface area contributed by atoms with Crippen LogP contribution in [0.4, 0.5) is 0 Å². The van der Waals surface area contributed by atoms with Crippen molar-refractivity contribution in [2.75, 3.05) is 26.2 Å². The molecule has 6 nitrogen and oxygen atoms in total. The molecule has 1 aliphatic heterocycles. The highest BCUT2D eigenvalue weighted by atomic mass is 16.3. The van der Waals surface area contributed by atoms with Crippen LogP contribution in [0, 0.1) is 5.92 Å². The molecule has 1 aromatic carbocycles. The summed E-state index contributed by atoms with van der Waals surface area (Å²) in [6, 6.07) is 10.7. The highest BCUT2D eigenvalue weighted by molar-refractivity contribution is 5.80. The number of rotatable bonds is 5. The highest BCUT2D eigenvalue weighted by Crippen LogP contribution is 2.27. The van der Waals surface area contributed by atoms with Crippen LogP contribution >= 0.6 is 0 Å². The van der Waals surface area contributed by atoms with Gasteiger partial charge in [-0.15, -0.1) is 0 Å². The summed E-state index contributed by atoms with van der Waals surface area (Å²) in [5, 5.41) is 4.62. The number of benzene rings is 1. The van der Waals surface area contributed by atoms with Gasteiger partial charge in [0, 0.05) is 50.4 Å². The molecule has 148 valence electrons. The van der Waals surface area contributed by atoms with Crippen molar-refractivity contribution in [3.05, 3.63) is 54.8 Å². The van der Waals surface area contributed by atoms with E-state index in [0.29, 0.717) is 18.5 Å². The second kappa shape index (κ2) is 8.50. The Hall–Kier alpha value is -2.76. The van der Waals surface area contributed by atoms with Gasteiger partial charge in [-0.2, -0.15) is 0 Å². The molecule has 1 fully saturated rings. The van der Waals surface area contributed by atoms with Crippen molar-refractivity contribution >= 4 is 16.9 Å². The van der Waals surface area contributed by atoms with Crippen molar-refractivity contribution in [2.45, 2.75) is 32.7 Å². The minimum absolute atomic E-state index is 0.426. The number of hydrogen-bond donors (Lipinski definition) is 1. The molecule has 1 aliphatic rings. The molecule has 2 atom stereocenters. The first-order chi connectivity index (χ1) is 13.7. The zero-order chi connectivity index (χ0) is 19.3. The molecule has 1 N–H and O–H groups in total. The lowest BCUT2D eigenvalue weighted by Crippen LogP contribution is -2.49. The molecule has 2 unspecified atom stereocenters. The first kappa shape index (κ1) is 18.6. The number of para-hydroxylation sites is 1. The van der Waals surface area contributed by atoms with Crippen LogP contribution < -0.4 is 5.32 Å². The maximum atomic E-state index is 5.92. The number of fused-ring (bicyclic) bond motifs is 1. The van der Waals surface area contributed by atoms with Crippen molar-refractivity contribution < 1.29 is 4.42 Å². The lowest BCUT2D eigenvalue weighted by molar-refractivity contribution is 0.189. The second-order valence-corrected chi connectivity index (χ2v) is 7.53. The lowest BCUT2D eigenvalue weighted by atomic mass is 9.93. The van der Waals surface area contributed by atoms with Crippen LogP contribution in [0.25, 0.3) is 11.0 Å². The molecule has 28 heavy (non-hydrogen) atoms. The summed E-state index contributed by atoms with van der Waals surface area (Å²) >= 11 is 0. The van der Waals surface area contributed by atoms with Crippen LogP contribution in [-0.4, -0.2) is 46.6 Å². The van der Waals surface area contributed by atoms with Gasteiger partial charge in [-0.05, 0) is 31.4 Å². The number of nitrogens with zero attached hydrogens (tertiary/aromatic N) is 4. The number of likely N-dealkylation sites (tertiary alicyclic amines) is 1. The van der Waals surface area contributed by atoms with Crippen molar-refractivity contribution in [1.29, 1.82) is 0 Å². The molecule has 0 radical (unpaired) electrons. The minimum atomic E-state index is 0.426. The Kier molecular flexibility index (Phi) is 5.65. The Morgan fingerprint density at radius 2 is 2.25 bits per heavy atom. The van der Waals surface area contributed by atoms with E-state index in [0.717, 1.165) is 55.2 Å². The van der Waals surface area contributed by atoms with E-state index < -0.39 is 0 Å². The topological polar surface area (TPSA) is 58.6 Å². The molecule has 6 heteroatoms. The molecule has 1 saturated heterocycles. The summed E-state index contributed by atoms with van der Waals surface area (Å²) in [5.74, 6) is 2.61. The summed E-state index contributed by atoms with van der Waals surface area (Å²) < 4.78 is 8.15. The van der Waals surface area contributed by atoms with Crippen molar-refractivity contribution in [1.82, 2.24) is 19.8 Å². The van der Waals surface area contributed by atoms with Crippen LogP contribution in [0.15, 0.2) is 58.5 Å². The number of imidazole rings is 1. The Labute approximate surface area is 166 Å². The van der Waals surface area contributed by atoms with E-state index >= 15 is 0 Å². The first-order valence-corrected chi connectivity index (χ1v) is 10.2.